The molecule has 0 saturated heterocycles. The number of ether oxygens (including phenoxy) is 2. The zero-order valence-corrected chi connectivity index (χ0v) is 19.2. The van der Waals surface area contributed by atoms with Crippen molar-refractivity contribution in [3.8, 4) is 11.5 Å². The number of carbonyl (C=O) groups excluding carboxylic acids is 1. The highest BCUT2D eigenvalue weighted by Gasteiger charge is 2.27. The number of methoxy groups -OCH3 is 1. The first-order valence-corrected chi connectivity index (χ1v) is 10.2. The van der Waals surface area contributed by atoms with E-state index >= 15 is 0 Å². The maximum absolute atomic E-state index is 12.1. The van der Waals surface area contributed by atoms with Crippen LogP contribution in [0.5, 0.6) is 11.5 Å². The summed E-state index contributed by atoms with van der Waals surface area (Å²) < 4.78 is 10.7. The molecule has 162 valence electrons. The molecule has 0 fully saturated rings. The first-order valence-electron chi connectivity index (χ1n) is 10.2. The van der Waals surface area contributed by atoms with E-state index in [1.807, 2.05) is 43.3 Å². The van der Waals surface area contributed by atoms with Crippen LogP contribution in [0.1, 0.15) is 59.1 Å². The van der Waals surface area contributed by atoms with Crippen LogP contribution in [0.3, 0.4) is 0 Å². The molecule has 0 aliphatic heterocycles. The summed E-state index contributed by atoms with van der Waals surface area (Å²) in [4.78, 5) is 12.1. The Morgan fingerprint density at radius 2 is 1.50 bits per heavy atom. The number of benzene rings is 2. The molecule has 1 amide bonds. The first kappa shape index (κ1) is 23.5. The minimum absolute atomic E-state index is 0.0713. The van der Waals surface area contributed by atoms with Crippen LogP contribution >= 0.6 is 0 Å². The van der Waals surface area contributed by atoms with Gasteiger partial charge in [0.2, 0.25) is 0 Å². The summed E-state index contributed by atoms with van der Waals surface area (Å²) in [6.07, 6.45) is 1.08. The van der Waals surface area contributed by atoms with E-state index in [2.05, 4.69) is 57.3 Å². The zero-order chi connectivity index (χ0) is 22.4. The average Bonchev–Trinajstić information content (AvgIpc) is 2.69. The molecule has 2 rings (SSSR count). The SMILES string of the molecule is COc1ccc(/C(C)=N/NC(=O)COc2ccc(C(C)(C)CC(C)(C)C)cc2)cc1. The van der Waals surface area contributed by atoms with Gasteiger partial charge in [0.05, 0.1) is 12.8 Å². The van der Waals surface area contributed by atoms with Gasteiger partial charge in [0.15, 0.2) is 6.61 Å². The average molecular weight is 411 g/mol. The van der Waals surface area contributed by atoms with Gasteiger partial charge < -0.3 is 9.47 Å². The Morgan fingerprint density at radius 3 is 2.03 bits per heavy atom. The quantitative estimate of drug-likeness (QED) is 0.473. The number of amides is 1. The molecule has 30 heavy (non-hydrogen) atoms. The van der Waals surface area contributed by atoms with Crippen molar-refractivity contribution in [1.82, 2.24) is 5.43 Å². The summed E-state index contributed by atoms with van der Waals surface area (Å²) in [5.74, 6) is 1.13. The normalized spacial score (nSPS) is 12.4. The van der Waals surface area contributed by atoms with Crippen LogP contribution in [0.15, 0.2) is 53.6 Å². The van der Waals surface area contributed by atoms with Gasteiger partial charge >= 0.3 is 0 Å². The lowest BCUT2D eigenvalue weighted by Gasteiger charge is -2.33. The Kier molecular flexibility index (Phi) is 7.65. The topological polar surface area (TPSA) is 59.9 Å². The smallest absolute Gasteiger partial charge is 0.277 e. The highest BCUT2D eigenvalue weighted by atomic mass is 16.5. The highest BCUT2D eigenvalue weighted by molar-refractivity contribution is 5.99. The molecule has 2 aromatic carbocycles. The van der Waals surface area contributed by atoms with Gasteiger partial charge in [-0.15, -0.1) is 0 Å². The molecule has 0 aromatic heterocycles. The second-order valence-electron chi connectivity index (χ2n) is 9.40. The monoisotopic (exact) mass is 410 g/mol. The molecule has 2 aromatic rings. The van der Waals surface area contributed by atoms with Crippen molar-refractivity contribution in [2.45, 2.75) is 53.4 Å². The lowest BCUT2D eigenvalue weighted by Crippen LogP contribution is -2.26. The van der Waals surface area contributed by atoms with Gasteiger partial charge in [0.25, 0.3) is 5.91 Å². The molecule has 0 unspecified atom stereocenters. The number of hydrogen-bond donors (Lipinski definition) is 1. The molecule has 0 aliphatic rings. The van der Waals surface area contributed by atoms with Crippen LogP contribution in [0.25, 0.3) is 0 Å². The van der Waals surface area contributed by atoms with Crippen molar-refractivity contribution in [2.75, 3.05) is 13.7 Å². The van der Waals surface area contributed by atoms with Crippen LogP contribution < -0.4 is 14.9 Å². The van der Waals surface area contributed by atoms with E-state index in [0.717, 1.165) is 17.7 Å². The highest BCUT2D eigenvalue weighted by Crippen LogP contribution is 2.36. The molecule has 0 heterocycles. The third kappa shape index (κ3) is 7.21. The van der Waals surface area contributed by atoms with Crippen molar-refractivity contribution in [2.24, 2.45) is 10.5 Å². The van der Waals surface area contributed by atoms with Crippen LogP contribution in [-0.2, 0) is 10.2 Å². The maximum Gasteiger partial charge on any atom is 0.277 e. The standard InChI is InChI=1S/C25H34N2O3/c1-18(19-8-12-21(29-7)13-9-19)26-27-23(28)16-30-22-14-10-20(11-15-22)25(5,6)17-24(2,3)4/h8-15H,16-17H2,1-7H3,(H,27,28)/b26-18+. The summed E-state index contributed by atoms with van der Waals surface area (Å²) in [7, 11) is 1.62. The van der Waals surface area contributed by atoms with Gasteiger partial charge in [-0.05, 0) is 71.7 Å². The Morgan fingerprint density at radius 1 is 0.933 bits per heavy atom. The van der Waals surface area contributed by atoms with Crippen molar-refractivity contribution in [3.05, 3.63) is 59.7 Å². The molecule has 5 nitrogen and oxygen atoms in total. The number of nitrogens with one attached hydrogen (secondary N) is 1. The fourth-order valence-corrected chi connectivity index (χ4v) is 3.65. The molecular weight excluding hydrogens is 376 g/mol. The van der Waals surface area contributed by atoms with E-state index in [0.29, 0.717) is 11.5 Å². The van der Waals surface area contributed by atoms with Crippen LogP contribution in [0.2, 0.25) is 0 Å². The van der Waals surface area contributed by atoms with E-state index < -0.39 is 0 Å². The van der Waals surface area contributed by atoms with Crippen LogP contribution in [-0.4, -0.2) is 25.3 Å². The molecule has 0 spiro atoms. The van der Waals surface area contributed by atoms with Crippen LogP contribution in [0.4, 0.5) is 0 Å². The summed E-state index contributed by atoms with van der Waals surface area (Å²) >= 11 is 0. The van der Waals surface area contributed by atoms with E-state index in [-0.39, 0.29) is 23.3 Å². The number of carbonyl (C=O) groups is 1. The fraction of sp³-hybridized carbons (Fsp3) is 0.440. The van der Waals surface area contributed by atoms with Gasteiger partial charge in [-0.1, -0.05) is 46.8 Å². The van der Waals surface area contributed by atoms with Crippen molar-refractivity contribution < 1.29 is 14.3 Å². The number of rotatable bonds is 8. The molecule has 1 N–H and O–H groups in total. The van der Waals surface area contributed by atoms with Gasteiger partial charge in [-0.2, -0.15) is 5.10 Å². The van der Waals surface area contributed by atoms with Gasteiger partial charge in [-0.25, -0.2) is 5.43 Å². The minimum atomic E-state index is -0.306. The lowest BCUT2D eigenvalue weighted by molar-refractivity contribution is -0.123. The zero-order valence-electron chi connectivity index (χ0n) is 19.2. The summed E-state index contributed by atoms with van der Waals surface area (Å²) in [5.41, 5.74) is 5.73. The van der Waals surface area contributed by atoms with E-state index in [9.17, 15) is 4.79 Å². The molecule has 0 bridgehead atoms. The Labute approximate surface area is 180 Å². The predicted molar refractivity (Wildman–Crippen MR) is 122 cm³/mol. The molecular formula is C25H34N2O3. The Hall–Kier alpha value is -2.82. The molecule has 0 radical (unpaired) electrons. The Bertz CT molecular complexity index is 861. The summed E-state index contributed by atoms with van der Waals surface area (Å²) in [5, 5.41) is 4.14. The van der Waals surface area contributed by atoms with E-state index in [4.69, 9.17) is 9.47 Å². The molecule has 0 atom stereocenters. The third-order valence-corrected chi connectivity index (χ3v) is 4.83. The van der Waals surface area contributed by atoms with Crippen LogP contribution in [0, 0.1) is 5.41 Å². The van der Waals surface area contributed by atoms with Gasteiger partial charge in [0, 0.05) is 0 Å². The van der Waals surface area contributed by atoms with Crippen molar-refractivity contribution in [3.63, 3.8) is 0 Å². The molecule has 5 heteroatoms. The summed E-state index contributed by atoms with van der Waals surface area (Å²) in [6.45, 7) is 13.0. The number of hydrazone groups is 1. The van der Waals surface area contributed by atoms with E-state index in [1.54, 1.807) is 7.11 Å². The minimum Gasteiger partial charge on any atom is -0.497 e. The predicted octanol–water partition coefficient (Wildman–Crippen LogP) is 5.33. The number of nitrogens with zero attached hydrogens (tertiary/aromatic N) is 1. The van der Waals surface area contributed by atoms with E-state index in [1.165, 1.54) is 5.56 Å². The van der Waals surface area contributed by atoms with Crippen molar-refractivity contribution in [1.29, 1.82) is 0 Å². The number of hydrogen-bond acceptors (Lipinski definition) is 4. The molecule has 0 saturated carbocycles. The fourth-order valence-electron chi connectivity index (χ4n) is 3.65. The Balaban J connectivity index is 1.88. The second-order valence-corrected chi connectivity index (χ2v) is 9.40. The molecule has 0 aliphatic carbocycles. The lowest BCUT2D eigenvalue weighted by atomic mass is 9.72. The van der Waals surface area contributed by atoms with Crippen molar-refractivity contribution >= 4 is 11.6 Å². The van der Waals surface area contributed by atoms with Gasteiger partial charge in [0.1, 0.15) is 11.5 Å². The largest absolute Gasteiger partial charge is 0.497 e. The third-order valence-electron chi connectivity index (χ3n) is 4.83. The maximum atomic E-state index is 12.1. The second kappa shape index (κ2) is 9.79. The summed E-state index contributed by atoms with van der Waals surface area (Å²) in [6, 6.07) is 15.5. The first-order chi connectivity index (χ1) is 14.0. The van der Waals surface area contributed by atoms with Gasteiger partial charge in [-0.3, -0.25) is 4.79 Å².